The molecule has 3 aliphatic carbocycles. The maximum absolute atomic E-state index is 13.0. The Kier molecular flexibility index (Phi) is 7.45. The van der Waals surface area contributed by atoms with E-state index in [1.807, 2.05) is 30.6 Å². The maximum atomic E-state index is 13.0. The van der Waals surface area contributed by atoms with Crippen LogP contribution < -0.4 is 9.23 Å². The van der Waals surface area contributed by atoms with Gasteiger partial charge >= 0.3 is 28.9 Å². The zero-order valence-electron chi connectivity index (χ0n) is 16.3. The predicted octanol–water partition coefficient (Wildman–Crippen LogP) is 1.32. The van der Waals surface area contributed by atoms with Gasteiger partial charge in [0, 0.05) is 18.1 Å². The molecule has 0 bridgehead atoms. The van der Waals surface area contributed by atoms with E-state index in [9.17, 15) is 4.79 Å². The molecule has 1 aromatic heterocycles. The molecule has 0 spiro atoms. The van der Waals surface area contributed by atoms with E-state index in [0.29, 0.717) is 24.2 Å². The van der Waals surface area contributed by atoms with Crippen LogP contribution in [0.2, 0.25) is 0 Å². The van der Waals surface area contributed by atoms with E-state index in [-0.39, 0.29) is 0 Å². The van der Waals surface area contributed by atoms with Crippen LogP contribution in [0.25, 0.3) is 0 Å². The fraction of sp³-hybridized carbons (Fsp3) is 0.714. The molecule has 3 fully saturated rings. The third-order valence-corrected chi connectivity index (χ3v) is 6.99. The van der Waals surface area contributed by atoms with Gasteiger partial charge in [-0.2, -0.15) is 4.57 Å². The Balaban J connectivity index is 0.000000403. The van der Waals surface area contributed by atoms with Gasteiger partial charge in [-0.15, -0.1) is 0 Å². The van der Waals surface area contributed by atoms with E-state index in [1.165, 1.54) is 51.4 Å². The van der Waals surface area contributed by atoms with E-state index in [0.717, 1.165) is 24.2 Å². The summed E-state index contributed by atoms with van der Waals surface area (Å²) in [6.45, 7) is 0.572. The van der Waals surface area contributed by atoms with Gasteiger partial charge in [-0.3, -0.25) is 4.79 Å². The molecule has 0 aromatic carbocycles. The minimum atomic E-state index is -4.19. The first kappa shape index (κ1) is 21.7. The second kappa shape index (κ2) is 9.63. The van der Waals surface area contributed by atoms with Gasteiger partial charge in [0.1, 0.15) is 0 Å². The van der Waals surface area contributed by atoms with Crippen molar-refractivity contribution in [3.05, 3.63) is 30.6 Å². The number of Topliss-reactive ketones (excluding diaryl/α,β-unsaturated/α-hetero) is 1. The van der Waals surface area contributed by atoms with E-state index in [4.69, 9.17) is 18.6 Å². The SMILES string of the molecule is O=C(C[n+]1ccccc1)C1CCCC2CC3CCCCC3CC21.[O-][Cl+](O)(O)O. The first-order valence-electron chi connectivity index (χ1n) is 10.4. The Labute approximate surface area is 168 Å². The summed E-state index contributed by atoms with van der Waals surface area (Å²) in [6, 6.07) is 6.05. The summed E-state index contributed by atoms with van der Waals surface area (Å²) in [7, 11) is -4.19. The van der Waals surface area contributed by atoms with Crippen molar-refractivity contribution in [1.82, 2.24) is 0 Å². The van der Waals surface area contributed by atoms with Gasteiger partial charge in [-0.25, -0.2) is 0 Å². The van der Waals surface area contributed by atoms with Gasteiger partial charge in [0.25, 0.3) is 0 Å². The van der Waals surface area contributed by atoms with Crippen LogP contribution in [0.4, 0.5) is 0 Å². The third kappa shape index (κ3) is 6.22. The fourth-order valence-corrected chi connectivity index (χ4v) is 5.89. The molecule has 1 aromatic rings. The number of aromatic nitrogens is 1. The number of pyridine rings is 1. The zero-order chi connectivity index (χ0) is 20.1. The molecule has 3 aliphatic rings. The molecule has 1 heterocycles. The Hall–Kier alpha value is -1.05. The quantitative estimate of drug-likeness (QED) is 0.647. The number of hydrogen-bond donors (Lipinski definition) is 3. The summed E-state index contributed by atoms with van der Waals surface area (Å²) in [4.78, 5) is 13.0. The normalized spacial score (nSPS) is 32.9. The van der Waals surface area contributed by atoms with Crippen molar-refractivity contribution < 1.29 is 38.2 Å². The van der Waals surface area contributed by atoms with Crippen molar-refractivity contribution in [2.75, 3.05) is 0 Å². The van der Waals surface area contributed by atoms with Crippen LogP contribution >= 0.6 is 0 Å². The van der Waals surface area contributed by atoms with Crippen LogP contribution in [0.5, 0.6) is 0 Å². The third-order valence-electron chi connectivity index (χ3n) is 6.99. The second-order valence-corrected chi connectivity index (χ2v) is 9.55. The van der Waals surface area contributed by atoms with E-state index < -0.39 is 10.2 Å². The molecule has 5 unspecified atom stereocenters. The Morgan fingerprint density at radius 1 is 0.893 bits per heavy atom. The summed E-state index contributed by atoms with van der Waals surface area (Å²) in [5.74, 6) is 4.29. The summed E-state index contributed by atoms with van der Waals surface area (Å²) in [6.07, 6.45) is 16.4. The monoisotopic (exact) mass is 414 g/mol. The van der Waals surface area contributed by atoms with Crippen molar-refractivity contribution in [3.63, 3.8) is 0 Å². The van der Waals surface area contributed by atoms with Crippen LogP contribution in [0, 0.1) is 39.8 Å². The van der Waals surface area contributed by atoms with E-state index >= 15 is 0 Å². The molecule has 3 N–H and O–H groups in total. The van der Waals surface area contributed by atoms with Crippen molar-refractivity contribution >= 4 is 5.78 Å². The molecule has 5 atom stereocenters. The fourth-order valence-electron chi connectivity index (χ4n) is 5.89. The molecular formula is C21H33ClNO5+. The molecule has 7 heteroatoms. The van der Waals surface area contributed by atoms with Gasteiger partial charge in [0.15, 0.2) is 12.4 Å². The molecule has 28 heavy (non-hydrogen) atoms. The number of fused-ring (bicyclic) bond motifs is 2. The van der Waals surface area contributed by atoms with Gasteiger partial charge in [0.2, 0.25) is 12.3 Å². The van der Waals surface area contributed by atoms with E-state index in [2.05, 4.69) is 4.57 Å². The van der Waals surface area contributed by atoms with Crippen molar-refractivity contribution in [2.45, 2.75) is 64.3 Å². The molecular weight excluding hydrogens is 382 g/mol. The van der Waals surface area contributed by atoms with Gasteiger partial charge in [-0.1, -0.05) is 44.6 Å². The number of carbonyl (C=O) groups is 1. The molecule has 0 aliphatic heterocycles. The molecule has 6 nitrogen and oxygen atoms in total. The number of rotatable bonds is 3. The Morgan fingerprint density at radius 2 is 1.46 bits per heavy atom. The van der Waals surface area contributed by atoms with Crippen LogP contribution in [-0.4, -0.2) is 19.8 Å². The zero-order valence-corrected chi connectivity index (χ0v) is 17.1. The molecule has 3 saturated carbocycles. The average Bonchev–Trinajstić information content (AvgIpc) is 2.65. The summed E-state index contributed by atoms with van der Waals surface area (Å²) in [5.41, 5.74) is 0. The van der Waals surface area contributed by atoms with Crippen LogP contribution in [-0.2, 0) is 11.3 Å². The van der Waals surface area contributed by atoms with E-state index in [1.54, 1.807) is 0 Å². The first-order valence-corrected chi connectivity index (χ1v) is 11.8. The average molecular weight is 415 g/mol. The number of ketones is 1. The van der Waals surface area contributed by atoms with Crippen molar-refractivity contribution in [3.8, 4) is 0 Å². The van der Waals surface area contributed by atoms with Crippen LogP contribution in [0.15, 0.2) is 30.6 Å². The summed E-state index contributed by atoms with van der Waals surface area (Å²) >= 11 is 0. The Bertz CT molecular complexity index is 629. The van der Waals surface area contributed by atoms with Crippen molar-refractivity contribution in [2.24, 2.45) is 29.6 Å². The summed E-state index contributed by atoms with van der Waals surface area (Å²) < 4.78 is 32.3. The minimum absolute atomic E-state index is 0.337. The first-order chi connectivity index (χ1) is 13.3. The molecule has 4 rings (SSSR count). The molecule has 158 valence electrons. The van der Waals surface area contributed by atoms with Gasteiger partial charge < -0.3 is 0 Å². The number of hydrogen-bond acceptors (Lipinski definition) is 5. The molecule has 0 amide bonds. The second-order valence-electron chi connectivity index (χ2n) is 8.69. The predicted molar refractivity (Wildman–Crippen MR) is 97.3 cm³/mol. The molecule has 0 saturated heterocycles. The van der Waals surface area contributed by atoms with Gasteiger partial charge in [0.05, 0.1) is 0 Å². The van der Waals surface area contributed by atoms with Crippen molar-refractivity contribution in [1.29, 1.82) is 0 Å². The standard InChI is InChI=1S/C21H30NO.ClH3O4/c23-21(15-22-11-4-1-5-12-22)19-10-6-9-18-13-16-7-2-3-8-17(16)14-20(18)19;2-1(3,4)5/h1,4-5,11-12,16-20H,2-3,6-10,13-15H2;2-4H/q+1;. The summed E-state index contributed by atoms with van der Waals surface area (Å²) in [5, 5.41) is 0. The molecule has 0 radical (unpaired) electrons. The van der Waals surface area contributed by atoms with Crippen LogP contribution in [0.3, 0.4) is 0 Å². The Morgan fingerprint density at radius 3 is 2.11 bits per heavy atom. The van der Waals surface area contributed by atoms with Crippen LogP contribution in [0.1, 0.15) is 57.8 Å². The van der Waals surface area contributed by atoms with Gasteiger partial charge in [-0.05, 0) is 42.9 Å². The number of halogens is 1. The number of nitrogens with zero attached hydrogens (tertiary/aromatic N) is 1. The topological polar surface area (TPSA) is 105 Å². The number of carbonyl (C=O) groups excluding carboxylic acids is 1.